The Morgan fingerprint density at radius 2 is 1.67 bits per heavy atom. The van der Waals surface area contributed by atoms with Gasteiger partial charge in [0.1, 0.15) is 0 Å². The molecule has 0 spiro atoms. The van der Waals surface area contributed by atoms with Crippen molar-refractivity contribution in [3.05, 3.63) is 0 Å². The highest BCUT2D eigenvalue weighted by Gasteiger charge is 2.47. The number of rotatable bonds is 2. The highest BCUT2D eigenvalue weighted by Crippen LogP contribution is 2.44. The third-order valence-electron chi connectivity index (χ3n) is 5.96. The quantitative estimate of drug-likeness (QED) is 0.814. The van der Waals surface area contributed by atoms with Crippen LogP contribution in [0.2, 0.25) is 0 Å². The molecule has 2 aliphatic carbocycles. The predicted molar refractivity (Wildman–Crippen MR) is 74.5 cm³/mol. The van der Waals surface area contributed by atoms with E-state index in [1.807, 2.05) is 0 Å². The van der Waals surface area contributed by atoms with Gasteiger partial charge in [0.25, 0.3) is 0 Å². The molecule has 0 amide bonds. The van der Waals surface area contributed by atoms with E-state index in [1.165, 1.54) is 57.9 Å². The highest BCUT2D eigenvalue weighted by atomic mass is 16.3. The van der Waals surface area contributed by atoms with E-state index in [0.717, 1.165) is 12.0 Å². The molecule has 1 N–H and O–H groups in total. The maximum Gasteiger partial charge on any atom is 0.0746 e. The van der Waals surface area contributed by atoms with Gasteiger partial charge in [0.05, 0.1) is 6.10 Å². The third kappa shape index (κ3) is 2.12. The van der Waals surface area contributed by atoms with Crippen LogP contribution < -0.4 is 0 Å². The van der Waals surface area contributed by atoms with Crippen molar-refractivity contribution in [3.63, 3.8) is 0 Å². The van der Waals surface area contributed by atoms with Crippen LogP contribution in [0.4, 0.5) is 0 Å². The van der Waals surface area contributed by atoms with E-state index in [2.05, 4.69) is 18.7 Å². The number of hydrogen-bond donors (Lipinski definition) is 1. The van der Waals surface area contributed by atoms with Crippen LogP contribution >= 0.6 is 0 Å². The lowest BCUT2D eigenvalue weighted by Gasteiger charge is -2.37. The molecule has 1 aliphatic heterocycles. The molecule has 2 nitrogen and oxygen atoms in total. The summed E-state index contributed by atoms with van der Waals surface area (Å²) in [5, 5.41) is 10.6. The Labute approximate surface area is 112 Å². The van der Waals surface area contributed by atoms with Gasteiger partial charge in [0.2, 0.25) is 0 Å². The van der Waals surface area contributed by atoms with Crippen molar-refractivity contribution < 1.29 is 5.11 Å². The molecule has 3 fully saturated rings. The van der Waals surface area contributed by atoms with Crippen LogP contribution in [0.25, 0.3) is 0 Å². The summed E-state index contributed by atoms with van der Waals surface area (Å²) in [6.07, 6.45) is 10.8. The fourth-order valence-electron chi connectivity index (χ4n) is 4.77. The molecule has 3 rings (SSSR count). The summed E-state index contributed by atoms with van der Waals surface area (Å²) in [6.45, 7) is 5.70. The van der Waals surface area contributed by atoms with E-state index in [1.54, 1.807) is 0 Å². The summed E-state index contributed by atoms with van der Waals surface area (Å²) in [5.41, 5.74) is 0.132. The molecule has 1 heterocycles. The van der Waals surface area contributed by atoms with Crippen molar-refractivity contribution in [2.75, 3.05) is 6.54 Å². The monoisotopic (exact) mass is 251 g/mol. The zero-order valence-electron chi connectivity index (χ0n) is 12.1. The SMILES string of the molecule is CC1(C)CCC(N2CCCC2C2CCCC2)C1O. The molecule has 3 unspecified atom stereocenters. The fourth-order valence-corrected chi connectivity index (χ4v) is 4.77. The first-order chi connectivity index (χ1) is 8.59. The molecule has 0 aromatic carbocycles. The molecule has 0 aromatic heterocycles. The maximum atomic E-state index is 10.6. The molecule has 0 aromatic rings. The molecule has 0 bridgehead atoms. The van der Waals surface area contributed by atoms with Crippen molar-refractivity contribution >= 4 is 0 Å². The van der Waals surface area contributed by atoms with Gasteiger partial charge < -0.3 is 5.11 Å². The Balaban J connectivity index is 1.71. The van der Waals surface area contributed by atoms with Crippen LogP contribution in [0.3, 0.4) is 0 Å². The fraction of sp³-hybridized carbons (Fsp3) is 1.00. The van der Waals surface area contributed by atoms with E-state index in [4.69, 9.17) is 0 Å². The van der Waals surface area contributed by atoms with Crippen LogP contribution in [0.15, 0.2) is 0 Å². The van der Waals surface area contributed by atoms with Gasteiger partial charge in [0.15, 0.2) is 0 Å². The molecule has 104 valence electrons. The minimum absolute atomic E-state index is 0.112. The molecule has 2 saturated carbocycles. The Hall–Kier alpha value is -0.0800. The van der Waals surface area contributed by atoms with Gasteiger partial charge in [0, 0.05) is 12.1 Å². The minimum Gasteiger partial charge on any atom is -0.391 e. The average Bonchev–Trinajstić information content (AvgIpc) is 3.01. The summed E-state index contributed by atoms with van der Waals surface area (Å²) >= 11 is 0. The molecular weight excluding hydrogens is 222 g/mol. The summed E-state index contributed by atoms with van der Waals surface area (Å²) in [6, 6.07) is 1.24. The number of hydrogen-bond acceptors (Lipinski definition) is 2. The highest BCUT2D eigenvalue weighted by molar-refractivity contribution is 5.01. The zero-order valence-corrected chi connectivity index (χ0v) is 12.1. The Morgan fingerprint density at radius 3 is 2.28 bits per heavy atom. The van der Waals surface area contributed by atoms with Crippen molar-refractivity contribution in [3.8, 4) is 0 Å². The Morgan fingerprint density at radius 1 is 0.944 bits per heavy atom. The van der Waals surface area contributed by atoms with Gasteiger partial charge in [-0.1, -0.05) is 26.7 Å². The van der Waals surface area contributed by atoms with Crippen LogP contribution in [-0.4, -0.2) is 34.7 Å². The second kappa shape index (κ2) is 4.79. The molecular formula is C16H29NO. The molecule has 3 atom stereocenters. The van der Waals surface area contributed by atoms with Crippen molar-refractivity contribution in [2.24, 2.45) is 11.3 Å². The van der Waals surface area contributed by atoms with Gasteiger partial charge >= 0.3 is 0 Å². The number of nitrogens with zero attached hydrogens (tertiary/aromatic N) is 1. The van der Waals surface area contributed by atoms with Crippen LogP contribution in [0, 0.1) is 11.3 Å². The van der Waals surface area contributed by atoms with Crippen LogP contribution in [0.1, 0.15) is 65.2 Å². The average molecular weight is 251 g/mol. The second-order valence-electron chi connectivity index (χ2n) is 7.53. The van der Waals surface area contributed by atoms with Crippen molar-refractivity contribution in [1.82, 2.24) is 4.90 Å². The minimum atomic E-state index is -0.112. The first-order valence-corrected chi connectivity index (χ1v) is 8.03. The summed E-state index contributed by atoms with van der Waals surface area (Å²) in [5.74, 6) is 0.934. The van der Waals surface area contributed by atoms with Crippen molar-refractivity contribution in [2.45, 2.75) is 83.4 Å². The van der Waals surface area contributed by atoms with Gasteiger partial charge in [-0.25, -0.2) is 0 Å². The third-order valence-corrected chi connectivity index (χ3v) is 5.96. The normalized spacial score (nSPS) is 41.8. The molecule has 0 radical (unpaired) electrons. The molecule has 18 heavy (non-hydrogen) atoms. The number of likely N-dealkylation sites (tertiary alicyclic amines) is 1. The largest absolute Gasteiger partial charge is 0.391 e. The zero-order chi connectivity index (χ0) is 12.8. The van der Waals surface area contributed by atoms with Gasteiger partial charge in [-0.15, -0.1) is 0 Å². The molecule has 3 aliphatic rings. The van der Waals surface area contributed by atoms with Crippen molar-refractivity contribution in [1.29, 1.82) is 0 Å². The topological polar surface area (TPSA) is 23.5 Å². The van der Waals surface area contributed by atoms with E-state index < -0.39 is 0 Å². The van der Waals surface area contributed by atoms with Gasteiger partial charge in [-0.3, -0.25) is 4.90 Å². The summed E-state index contributed by atoms with van der Waals surface area (Å²) < 4.78 is 0. The standard InChI is InChI=1S/C16H29NO/c1-16(2)10-9-14(15(16)18)17-11-5-8-13(17)12-6-3-4-7-12/h12-15,18H,3-11H2,1-2H3. The van der Waals surface area contributed by atoms with Crippen LogP contribution in [0.5, 0.6) is 0 Å². The Kier molecular flexibility index (Phi) is 3.44. The van der Waals surface area contributed by atoms with Gasteiger partial charge in [-0.05, 0) is 56.4 Å². The lowest BCUT2D eigenvalue weighted by atomic mass is 9.88. The summed E-state index contributed by atoms with van der Waals surface area (Å²) in [7, 11) is 0. The lowest BCUT2D eigenvalue weighted by molar-refractivity contribution is 0.00180. The Bertz CT molecular complexity index is 295. The smallest absolute Gasteiger partial charge is 0.0746 e. The first kappa shape index (κ1) is 12.9. The number of aliphatic hydroxyl groups excluding tert-OH is 1. The van der Waals surface area contributed by atoms with Crippen LogP contribution in [-0.2, 0) is 0 Å². The lowest BCUT2D eigenvalue weighted by Crippen LogP contribution is -2.48. The predicted octanol–water partition coefficient (Wildman–Crippen LogP) is 3.19. The summed E-state index contributed by atoms with van der Waals surface area (Å²) in [4.78, 5) is 2.70. The van der Waals surface area contributed by atoms with E-state index in [0.29, 0.717) is 6.04 Å². The second-order valence-corrected chi connectivity index (χ2v) is 7.53. The van der Waals surface area contributed by atoms with E-state index >= 15 is 0 Å². The van der Waals surface area contributed by atoms with E-state index in [9.17, 15) is 5.11 Å². The van der Waals surface area contributed by atoms with Gasteiger partial charge in [-0.2, -0.15) is 0 Å². The number of aliphatic hydroxyl groups is 1. The maximum absolute atomic E-state index is 10.6. The van der Waals surface area contributed by atoms with E-state index in [-0.39, 0.29) is 11.5 Å². The molecule has 1 saturated heterocycles. The first-order valence-electron chi connectivity index (χ1n) is 8.03. The molecule has 2 heteroatoms.